The highest BCUT2D eigenvalue weighted by Crippen LogP contribution is 2.27. The van der Waals surface area contributed by atoms with Gasteiger partial charge in [0.15, 0.2) is 5.78 Å². The van der Waals surface area contributed by atoms with Gasteiger partial charge in [0.1, 0.15) is 5.82 Å². The van der Waals surface area contributed by atoms with Gasteiger partial charge in [-0.15, -0.1) is 0 Å². The van der Waals surface area contributed by atoms with E-state index >= 15 is 0 Å². The number of nitrogens with one attached hydrogen (secondary N) is 2. The maximum atomic E-state index is 12.7. The summed E-state index contributed by atoms with van der Waals surface area (Å²) in [5.41, 5.74) is 4.04. The van der Waals surface area contributed by atoms with Gasteiger partial charge in [0, 0.05) is 48.5 Å². The summed E-state index contributed by atoms with van der Waals surface area (Å²) in [4.78, 5) is 39.1. The van der Waals surface area contributed by atoms with Crippen molar-refractivity contribution in [3.05, 3.63) is 95.9 Å². The number of piperidine rings is 1. The van der Waals surface area contributed by atoms with Crippen LogP contribution in [0.4, 0.5) is 0 Å². The lowest BCUT2D eigenvalue weighted by molar-refractivity contribution is -0.131. The molecule has 1 aliphatic carbocycles. The minimum absolute atomic E-state index is 0.122. The normalized spacial score (nSPS) is 16.7. The Bertz CT molecular complexity index is 1300. The molecule has 1 fully saturated rings. The highest BCUT2D eigenvalue weighted by molar-refractivity contribution is 6.44. The molecule has 0 saturated carbocycles. The Morgan fingerprint density at radius 2 is 1.83 bits per heavy atom. The number of H-pyrrole nitrogens is 1. The standard InChI is InChI=1S/C28H27N5O2/c29-25-15-23(21-6-2-1-3-7-21)26(34)16-24(25)28-31-18-22(32-28)13-19-8-11-33(12-9-19)27(35)14-20-5-4-10-30-17-20/h1-7,10,15-19,29H,8-9,11-14H2,(H,31,32). The van der Waals surface area contributed by atoms with Crippen LogP contribution in [0.15, 0.2) is 73.2 Å². The number of pyridine rings is 1. The van der Waals surface area contributed by atoms with E-state index in [1.54, 1.807) is 24.7 Å². The molecular formula is C28H27N5O2. The summed E-state index contributed by atoms with van der Waals surface area (Å²) in [6, 6.07) is 13.2. The van der Waals surface area contributed by atoms with Crippen LogP contribution in [0.1, 0.15) is 35.5 Å². The van der Waals surface area contributed by atoms with Gasteiger partial charge in [0.2, 0.25) is 5.91 Å². The Labute approximate surface area is 204 Å². The fourth-order valence-corrected chi connectivity index (χ4v) is 4.71. The summed E-state index contributed by atoms with van der Waals surface area (Å²) in [6.45, 7) is 1.50. The lowest BCUT2D eigenvalue weighted by Gasteiger charge is -2.32. The number of hydrogen-bond donors (Lipinski definition) is 2. The number of ketones is 1. The topological polar surface area (TPSA) is 103 Å². The third-order valence-electron chi connectivity index (χ3n) is 6.64. The molecule has 2 aliphatic rings. The summed E-state index contributed by atoms with van der Waals surface area (Å²) >= 11 is 0. The summed E-state index contributed by atoms with van der Waals surface area (Å²) in [5, 5.41) is 8.46. The van der Waals surface area contributed by atoms with Crippen LogP contribution in [0, 0.1) is 11.3 Å². The number of likely N-dealkylation sites (tertiary alicyclic amines) is 1. The Morgan fingerprint density at radius 1 is 1.03 bits per heavy atom. The predicted octanol–water partition coefficient (Wildman–Crippen LogP) is 3.90. The Kier molecular flexibility index (Phi) is 6.48. The monoisotopic (exact) mass is 465 g/mol. The van der Waals surface area contributed by atoms with E-state index in [0.29, 0.717) is 29.3 Å². The van der Waals surface area contributed by atoms with Crippen LogP contribution in [0.5, 0.6) is 0 Å². The third kappa shape index (κ3) is 5.19. The van der Waals surface area contributed by atoms with Gasteiger partial charge in [-0.05, 0) is 54.5 Å². The first kappa shape index (κ1) is 22.7. The summed E-state index contributed by atoms with van der Waals surface area (Å²) in [6.07, 6.45) is 11.5. The van der Waals surface area contributed by atoms with Gasteiger partial charge in [-0.3, -0.25) is 14.6 Å². The molecule has 5 rings (SSSR count). The van der Waals surface area contributed by atoms with E-state index in [2.05, 4.69) is 15.0 Å². The molecule has 1 aliphatic heterocycles. The van der Waals surface area contributed by atoms with Gasteiger partial charge in [-0.25, -0.2) is 4.98 Å². The molecule has 2 N–H and O–H groups in total. The van der Waals surface area contributed by atoms with E-state index in [-0.39, 0.29) is 17.4 Å². The smallest absolute Gasteiger partial charge is 0.227 e. The molecule has 3 heterocycles. The van der Waals surface area contributed by atoms with Crippen LogP contribution >= 0.6 is 0 Å². The van der Waals surface area contributed by atoms with Crippen molar-refractivity contribution in [1.82, 2.24) is 19.9 Å². The zero-order valence-corrected chi connectivity index (χ0v) is 19.4. The molecule has 7 nitrogen and oxygen atoms in total. The maximum Gasteiger partial charge on any atom is 0.227 e. The number of hydrogen-bond acceptors (Lipinski definition) is 5. The van der Waals surface area contributed by atoms with Crippen molar-refractivity contribution < 1.29 is 9.59 Å². The van der Waals surface area contributed by atoms with Crippen LogP contribution < -0.4 is 0 Å². The van der Waals surface area contributed by atoms with Crippen molar-refractivity contribution in [2.45, 2.75) is 25.7 Å². The third-order valence-corrected chi connectivity index (χ3v) is 6.64. The van der Waals surface area contributed by atoms with E-state index in [1.165, 1.54) is 6.08 Å². The summed E-state index contributed by atoms with van der Waals surface area (Å²) < 4.78 is 0. The van der Waals surface area contributed by atoms with Gasteiger partial charge in [0.25, 0.3) is 0 Å². The lowest BCUT2D eigenvalue weighted by Crippen LogP contribution is -2.39. The maximum absolute atomic E-state index is 12.7. The van der Waals surface area contributed by atoms with E-state index in [9.17, 15) is 9.59 Å². The van der Waals surface area contributed by atoms with Crippen molar-refractivity contribution in [2.24, 2.45) is 5.92 Å². The van der Waals surface area contributed by atoms with Gasteiger partial charge >= 0.3 is 0 Å². The quantitative estimate of drug-likeness (QED) is 0.539. The second-order valence-corrected chi connectivity index (χ2v) is 9.08. The van der Waals surface area contributed by atoms with Gasteiger partial charge in [0.05, 0.1) is 12.1 Å². The molecule has 7 heteroatoms. The first-order valence-electron chi connectivity index (χ1n) is 11.9. The zero-order valence-electron chi connectivity index (χ0n) is 19.4. The van der Waals surface area contributed by atoms with Gasteiger partial charge < -0.3 is 15.3 Å². The van der Waals surface area contributed by atoms with Crippen molar-refractivity contribution >= 4 is 28.5 Å². The highest BCUT2D eigenvalue weighted by Gasteiger charge is 2.25. The largest absolute Gasteiger partial charge is 0.342 e. The average molecular weight is 466 g/mol. The minimum atomic E-state index is -0.122. The molecule has 176 valence electrons. The summed E-state index contributed by atoms with van der Waals surface area (Å²) in [5.74, 6) is 1.03. The highest BCUT2D eigenvalue weighted by atomic mass is 16.2. The fraction of sp³-hybridized carbons (Fsp3) is 0.250. The zero-order chi connectivity index (χ0) is 24.2. The lowest BCUT2D eigenvalue weighted by atomic mass is 9.91. The molecule has 0 atom stereocenters. The van der Waals surface area contributed by atoms with Crippen LogP contribution in [0.2, 0.25) is 0 Å². The number of nitrogens with zero attached hydrogens (tertiary/aromatic N) is 3. The molecule has 1 amide bonds. The first-order chi connectivity index (χ1) is 17.1. The fourth-order valence-electron chi connectivity index (χ4n) is 4.71. The molecule has 0 radical (unpaired) electrons. The van der Waals surface area contributed by atoms with E-state index < -0.39 is 0 Å². The number of carbonyl (C=O) groups is 2. The molecule has 1 saturated heterocycles. The molecule has 0 bridgehead atoms. The number of amides is 1. The number of imidazole rings is 1. The van der Waals surface area contributed by atoms with Crippen molar-refractivity contribution in [2.75, 3.05) is 13.1 Å². The van der Waals surface area contributed by atoms with Crippen molar-refractivity contribution in [3.63, 3.8) is 0 Å². The number of benzene rings is 1. The van der Waals surface area contributed by atoms with Gasteiger partial charge in [-0.2, -0.15) is 0 Å². The molecular weight excluding hydrogens is 438 g/mol. The van der Waals surface area contributed by atoms with E-state index in [4.69, 9.17) is 5.41 Å². The Hall–Kier alpha value is -4.13. The summed E-state index contributed by atoms with van der Waals surface area (Å²) in [7, 11) is 0. The van der Waals surface area contributed by atoms with Crippen molar-refractivity contribution in [3.8, 4) is 0 Å². The molecule has 2 aromatic heterocycles. The second-order valence-electron chi connectivity index (χ2n) is 9.08. The minimum Gasteiger partial charge on any atom is -0.342 e. The average Bonchev–Trinajstić information content (AvgIpc) is 3.35. The molecule has 0 unspecified atom stereocenters. The van der Waals surface area contributed by atoms with Crippen LogP contribution in [0.3, 0.4) is 0 Å². The van der Waals surface area contributed by atoms with E-state index in [0.717, 1.165) is 49.2 Å². The Balaban J connectivity index is 1.17. The number of aromatic nitrogens is 3. The number of allylic oxidation sites excluding steroid dienone is 4. The molecule has 0 spiro atoms. The predicted molar refractivity (Wildman–Crippen MR) is 135 cm³/mol. The molecule has 35 heavy (non-hydrogen) atoms. The SMILES string of the molecule is N=C1C=C(c2ccccc2)C(=O)C=C1c1ncc(CC2CCN(C(=O)Cc3cccnc3)CC2)[nH]1. The number of carbonyl (C=O) groups excluding carboxylic acids is 2. The van der Waals surface area contributed by atoms with Crippen LogP contribution in [-0.2, 0) is 22.4 Å². The van der Waals surface area contributed by atoms with E-state index in [1.807, 2.05) is 47.4 Å². The molecule has 1 aromatic carbocycles. The van der Waals surface area contributed by atoms with Crippen molar-refractivity contribution in [1.29, 1.82) is 5.41 Å². The Morgan fingerprint density at radius 3 is 2.57 bits per heavy atom. The van der Waals surface area contributed by atoms with Gasteiger partial charge in [-0.1, -0.05) is 36.4 Å². The van der Waals surface area contributed by atoms with Crippen LogP contribution in [0.25, 0.3) is 11.1 Å². The second kappa shape index (κ2) is 10.0. The number of rotatable bonds is 6. The first-order valence-corrected chi connectivity index (χ1v) is 11.9. The van der Waals surface area contributed by atoms with Crippen LogP contribution in [-0.4, -0.2) is 50.3 Å². The number of aromatic amines is 1. The molecule has 3 aromatic rings.